The van der Waals surface area contributed by atoms with Gasteiger partial charge in [0, 0.05) is 17.6 Å². The molecule has 2 aromatic carbocycles. The Morgan fingerprint density at radius 1 is 1.00 bits per heavy atom. The van der Waals surface area contributed by atoms with Gasteiger partial charge in [0.1, 0.15) is 0 Å². The number of thiol groups is 1. The minimum atomic E-state index is -4.23. The maximum atomic E-state index is 13.1. The molecule has 0 aliphatic carbocycles. The first-order chi connectivity index (χ1) is 15.8. The third-order valence-corrected chi connectivity index (χ3v) is 6.97. The number of anilines is 1. The summed E-state index contributed by atoms with van der Waals surface area (Å²) >= 11 is 5.24. The average Bonchev–Trinajstić information content (AvgIpc) is 2.72. The molecule has 0 atom stereocenters. The first-order valence-electron chi connectivity index (χ1n) is 10.5. The van der Waals surface area contributed by atoms with E-state index in [-0.39, 0.29) is 21.4 Å². The Labute approximate surface area is 207 Å². The SMILES string of the molecule is Cc1ccc(/C=C/c2ccc(NC(=S)NC(C)C)cc2S(=O)(=O)NC(=O)C(C)C)c([SH](=O)=O)c1. The number of aryl methyl sites for hydroxylation is 1. The molecule has 34 heavy (non-hydrogen) atoms. The topological polar surface area (TPSA) is 121 Å². The van der Waals surface area contributed by atoms with Crippen LogP contribution in [0.4, 0.5) is 5.69 Å². The van der Waals surface area contributed by atoms with Crippen LogP contribution in [-0.4, -0.2) is 33.9 Å². The number of amides is 1. The van der Waals surface area contributed by atoms with E-state index < -0.39 is 32.6 Å². The first-order valence-corrected chi connectivity index (χ1v) is 13.6. The third kappa shape index (κ3) is 7.64. The summed E-state index contributed by atoms with van der Waals surface area (Å²) in [6.07, 6.45) is 3.02. The van der Waals surface area contributed by atoms with E-state index in [0.29, 0.717) is 16.4 Å². The van der Waals surface area contributed by atoms with Crippen molar-refractivity contribution < 1.29 is 21.6 Å². The second-order valence-corrected chi connectivity index (χ2v) is 11.3. The van der Waals surface area contributed by atoms with Gasteiger partial charge in [0.25, 0.3) is 10.0 Å². The largest absolute Gasteiger partial charge is 0.360 e. The molecular formula is C23H29N3O5S3. The molecule has 0 spiro atoms. The summed E-state index contributed by atoms with van der Waals surface area (Å²) in [7, 11) is -7.07. The number of carbonyl (C=O) groups is 1. The van der Waals surface area contributed by atoms with Crippen molar-refractivity contribution in [2.45, 2.75) is 50.5 Å². The predicted molar refractivity (Wildman–Crippen MR) is 140 cm³/mol. The zero-order valence-electron chi connectivity index (χ0n) is 19.6. The van der Waals surface area contributed by atoms with Crippen LogP contribution in [0.15, 0.2) is 46.2 Å². The number of thiocarbonyl (C=S) groups is 1. The third-order valence-electron chi connectivity index (χ3n) is 4.57. The highest BCUT2D eigenvalue weighted by molar-refractivity contribution is 7.90. The van der Waals surface area contributed by atoms with Crippen molar-refractivity contribution in [1.82, 2.24) is 10.0 Å². The molecule has 11 heteroatoms. The predicted octanol–water partition coefficient (Wildman–Crippen LogP) is 3.29. The number of benzene rings is 2. The van der Waals surface area contributed by atoms with Gasteiger partial charge in [0.15, 0.2) is 15.8 Å². The minimum absolute atomic E-state index is 0.0759. The molecule has 2 aromatic rings. The van der Waals surface area contributed by atoms with E-state index >= 15 is 0 Å². The summed E-state index contributed by atoms with van der Waals surface area (Å²) in [5, 5.41) is 6.26. The molecule has 0 saturated carbocycles. The lowest BCUT2D eigenvalue weighted by Crippen LogP contribution is -2.35. The maximum Gasteiger partial charge on any atom is 0.264 e. The van der Waals surface area contributed by atoms with Crippen molar-refractivity contribution in [1.29, 1.82) is 0 Å². The smallest absolute Gasteiger partial charge is 0.264 e. The number of hydrogen-bond acceptors (Lipinski definition) is 6. The normalized spacial score (nSPS) is 11.9. The Morgan fingerprint density at radius 2 is 1.62 bits per heavy atom. The van der Waals surface area contributed by atoms with Gasteiger partial charge in [-0.05, 0) is 67.9 Å². The Balaban J connectivity index is 2.55. The number of rotatable bonds is 8. The van der Waals surface area contributed by atoms with E-state index in [4.69, 9.17) is 12.2 Å². The number of nitrogens with one attached hydrogen (secondary N) is 3. The van der Waals surface area contributed by atoms with E-state index in [2.05, 4.69) is 15.4 Å². The zero-order chi connectivity index (χ0) is 25.6. The fourth-order valence-electron chi connectivity index (χ4n) is 2.85. The molecule has 0 saturated heterocycles. The molecule has 0 radical (unpaired) electrons. The monoisotopic (exact) mass is 523 g/mol. The van der Waals surface area contributed by atoms with Gasteiger partial charge in [-0.3, -0.25) is 4.79 Å². The van der Waals surface area contributed by atoms with Crippen LogP contribution in [0.3, 0.4) is 0 Å². The molecule has 3 N–H and O–H groups in total. The van der Waals surface area contributed by atoms with E-state index in [1.54, 1.807) is 51.1 Å². The molecule has 0 aliphatic heterocycles. The molecule has 0 unspecified atom stereocenters. The fraction of sp³-hybridized carbons (Fsp3) is 0.304. The van der Waals surface area contributed by atoms with E-state index in [9.17, 15) is 21.6 Å². The lowest BCUT2D eigenvalue weighted by molar-refractivity contribution is -0.122. The summed E-state index contributed by atoms with van der Waals surface area (Å²) in [5.74, 6) is -1.18. The number of hydrogen-bond donors (Lipinski definition) is 4. The highest BCUT2D eigenvalue weighted by Crippen LogP contribution is 2.24. The Hall–Kier alpha value is -2.76. The van der Waals surface area contributed by atoms with Crippen LogP contribution < -0.4 is 15.4 Å². The zero-order valence-corrected chi connectivity index (χ0v) is 22.1. The molecule has 0 aromatic heterocycles. The van der Waals surface area contributed by atoms with Crippen molar-refractivity contribution >= 4 is 61.8 Å². The van der Waals surface area contributed by atoms with Crippen molar-refractivity contribution in [3.8, 4) is 0 Å². The van der Waals surface area contributed by atoms with Crippen LogP contribution >= 0.6 is 12.2 Å². The van der Waals surface area contributed by atoms with Crippen LogP contribution in [0.25, 0.3) is 12.2 Å². The van der Waals surface area contributed by atoms with Crippen molar-refractivity contribution in [3.05, 3.63) is 53.1 Å². The molecule has 2 rings (SSSR count). The minimum Gasteiger partial charge on any atom is -0.360 e. The van der Waals surface area contributed by atoms with E-state index in [1.807, 2.05) is 13.8 Å². The van der Waals surface area contributed by atoms with Gasteiger partial charge in [0.05, 0.1) is 9.79 Å². The van der Waals surface area contributed by atoms with Crippen LogP contribution in [0.1, 0.15) is 44.4 Å². The molecule has 184 valence electrons. The Kier molecular flexibility index (Phi) is 9.37. The molecule has 8 nitrogen and oxygen atoms in total. The second-order valence-electron chi connectivity index (χ2n) is 8.28. The van der Waals surface area contributed by atoms with Gasteiger partial charge in [-0.15, -0.1) is 0 Å². The van der Waals surface area contributed by atoms with Crippen molar-refractivity contribution in [3.63, 3.8) is 0 Å². The average molecular weight is 524 g/mol. The summed E-state index contributed by atoms with van der Waals surface area (Å²) in [4.78, 5) is 12.1. The summed E-state index contributed by atoms with van der Waals surface area (Å²) in [5.41, 5.74) is 1.88. The highest BCUT2D eigenvalue weighted by atomic mass is 32.2. The number of sulfonamides is 1. The summed E-state index contributed by atoms with van der Waals surface area (Å²) < 4.78 is 51.5. The standard InChI is InChI=1S/C23H29N3O5S3/c1-14(2)22(27)26-34(30,31)21-13-19(25-23(32)24-15(3)4)11-10-18(21)9-8-17-7-6-16(5)12-20(17)33(28)29/h6-15,33H,1-5H3,(H,26,27)(H2,24,25,32)/b9-8+. The van der Waals surface area contributed by atoms with Crippen molar-refractivity contribution in [2.24, 2.45) is 5.92 Å². The van der Waals surface area contributed by atoms with Crippen LogP contribution in [0.2, 0.25) is 0 Å². The van der Waals surface area contributed by atoms with Crippen LogP contribution in [-0.2, 0) is 25.5 Å². The number of carbonyl (C=O) groups excluding carboxylic acids is 1. The van der Waals surface area contributed by atoms with Gasteiger partial charge >= 0.3 is 0 Å². The van der Waals surface area contributed by atoms with Gasteiger partial charge in [-0.1, -0.05) is 44.2 Å². The molecule has 0 bridgehead atoms. The highest BCUT2D eigenvalue weighted by Gasteiger charge is 2.23. The lowest BCUT2D eigenvalue weighted by atomic mass is 10.1. The van der Waals surface area contributed by atoms with E-state index in [1.165, 1.54) is 18.2 Å². The second kappa shape index (κ2) is 11.6. The Bertz CT molecular complexity index is 1290. The molecule has 1 amide bonds. The molecule has 0 heterocycles. The van der Waals surface area contributed by atoms with Gasteiger partial charge in [-0.25, -0.2) is 21.6 Å². The lowest BCUT2D eigenvalue weighted by Gasteiger charge is -2.16. The fourth-order valence-corrected chi connectivity index (χ4v) is 5.21. The maximum absolute atomic E-state index is 13.1. The molecule has 0 fully saturated rings. The van der Waals surface area contributed by atoms with E-state index in [0.717, 1.165) is 5.56 Å². The summed E-state index contributed by atoms with van der Waals surface area (Å²) in [6, 6.07) is 9.59. The quantitative estimate of drug-likeness (QED) is 0.236. The molecular weight excluding hydrogens is 494 g/mol. The van der Waals surface area contributed by atoms with Gasteiger partial charge in [0.2, 0.25) is 5.91 Å². The molecule has 0 aliphatic rings. The van der Waals surface area contributed by atoms with Gasteiger partial charge in [-0.2, -0.15) is 0 Å². The van der Waals surface area contributed by atoms with Crippen LogP contribution in [0, 0.1) is 12.8 Å². The first kappa shape index (κ1) is 27.5. The van der Waals surface area contributed by atoms with Crippen molar-refractivity contribution in [2.75, 3.05) is 5.32 Å². The Morgan fingerprint density at radius 3 is 2.21 bits per heavy atom. The summed E-state index contributed by atoms with van der Waals surface area (Å²) in [6.45, 7) is 8.77. The van der Waals surface area contributed by atoms with Gasteiger partial charge < -0.3 is 10.6 Å². The van der Waals surface area contributed by atoms with Crippen LogP contribution in [0.5, 0.6) is 0 Å².